The Morgan fingerprint density at radius 1 is 1.09 bits per heavy atom. The standard InChI is InChI=1S/C18H19Cl2NO2/c1-2-16-11-23-18(22,13-5-9-15(20)10-6-13)17(21-16)12-3-7-14(19)8-4-12/h3-10,16-17,21-22H,2,11H2,1H3/t16-,17-,18+/m0/s1. The van der Waals surface area contributed by atoms with Crippen LogP contribution >= 0.6 is 23.2 Å². The zero-order valence-electron chi connectivity index (χ0n) is 12.8. The van der Waals surface area contributed by atoms with Crippen molar-refractivity contribution in [2.75, 3.05) is 6.61 Å². The van der Waals surface area contributed by atoms with Crippen LogP contribution in [0.3, 0.4) is 0 Å². The van der Waals surface area contributed by atoms with Gasteiger partial charge < -0.3 is 15.2 Å². The summed E-state index contributed by atoms with van der Waals surface area (Å²) in [5, 5.41) is 16.0. The molecule has 2 aromatic carbocycles. The first-order valence-corrected chi connectivity index (χ1v) is 8.42. The zero-order valence-corrected chi connectivity index (χ0v) is 14.3. The Morgan fingerprint density at radius 3 is 2.22 bits per heavy atom. The fourth-order valence-electron chi connectivity index (χ4n) is 2.86. The van der Waals surface area contributed by atoms with Crippen molar-refractivity contribution in [3.8, 4) is 0 Å². The summed E-state index contributed by atoms with van der Waals surface area (Å²) in [4.78, 5) is 0. The maximum Gasteiger partial charge on any atom is 0.212 e. The van der Waals surface area contributed by atoms with Gasteiger partial charge in [0.25, 0.3) is 0 Å². The number of nitrogens with one attached hydrogen (secondary N) is 1. The number of benzene rings is 2. The fraction of sp³-hybridized carbons (Fsp3) is 0.333. The van der Waals surface area contributed by atoms with E-state index in [4.69, 9.17) is 27.9 Å². The van der Waals surface area contributed by atoms with E-state index in [1.54, 1.807) is 24.3 Å². The monoisotopic (exact) mass is 351 g/mol. The van der Waals surface area contributed by atoms with Gasteiger partial charge in [0.15, 0.2) is 0 Å². The molecular weight excluding hydrogens is 333 g/mol. The van der Waals surface area contributed by atoms with Crippen LogP contribution in [0.25, 0.3) is 0 Å². The van der Waals surface area contributed by atoms with Crippen molar-refractivity contribution in [3.05, 3.63) is 69.7 Å². The third-order valence-electron chi connectivity index (χ3n) is 4.25. The van der Waals surface area contributed by atoms with Gasteiger partial charge >= 0.3 is 0 Å². The van der Waals surface area contributed by atoms with E-state index in [0.717, 1.165) is 12.0 Å². The third kappa shape index (κ3) is 3.39. The number of ether oxygens (including phenoxy) is 1. The van der Waals surface area contributed by atoms with Gasteiger partial charge in [-0.3, -0.25) is 0 Å². The third-order valence-corrected chi connectivity index (χ3v) is 4.76. The fourth-order valence-corrected chi connectivity index (χ4v) is 3.11. The highest BCUT2D eigenvalue weighted by Gasteiger charge is 2.45. The Morgan fingerprint density at radius 2 is 1.65 bits per heavy atom. The Kier molecular flexibility index (Phi) is 4.95. The molecule has 2 aromatic rings. The molecule has 1 aliphatic heterocycles. The summed E-state index contributed by atoms with van der Waals surface area (Å²) < 4.78 is 5.91. The Labute approximate surface area is 146 Å². The molecule has 0 aromatic heterocycles. The van der Waals surface area contributed by atoms with Crippen molar-refractivity contribution in [2.24, 2.45) is 0 Å². The average molecular weight is 352 g/mol. The van der Waals surface area contributed by atoms with Gasteiger partial charge in [0.05, 0.1) is 12.6 Å². The van der Waals surface area contributed by atoms with Gasteiger partial charge in [-0.1, -0.05) is 54.4 Å². The predicted molar refractivity (Wildman–Crippen MR) is 92.7 cm³/mol. The zero-order chi connectivity index (χ0) is 16.4. The van der Waals surface area contributed by atoms with Crippen molar-refractivity contribution < 1.29 is 9.84 Å². The normalized spacial score (nSPS) is 27.8. The molecule has 3 atom stereocenters. The molecule has 5 heteroatoms. The molecule has 0 bridgehead atoms. The summed E-state index contributed by atoms with van der Waals surface area (Å²) in [6.07, 6.45) is 0.917. The number of morpholine rings is 1. The van der Waals surface area contributed by atoms with E-state index < -0.39 is 5.79 Å². The van der Waals surface area contributed by atoms with E-state index in [1.807, 2.05) is 24.3 Å². The summed E-state index contributed by atoms with van der Waals surface area (Å²) in [5.74, 6) is -1.45. The molecule has 0 amide bonds. The van der Waals surface area contributed by atoms with Crippen LogP contribution in [0.4, 0.5) is 0 Å². The molecule has 0 aliphatic carbocycles. The lowest BCUT2D eigenvalue weighted by Gasteiger charge is -2.44. The van der Waals surface area contributed by atoms with Crippen LogP contribution < -0.4 is 5.32 Å². The van der Waals surface area contributed by atoms with Crippen LogP contribution in [0.2, 0.25) is 10.0 Å². The molecule has 3 rings (SSSR count). The van der Waals surface area contributed by atoms with Gasteiger partial charge in [0.1, 0.15) is 0 Å². The molecule has 122 valence electrons. The molecule has 23 heavy (non-hydrogen) atoms. The van der Waals surface area contributed by atoms with Crippen LogP contribution in [0.1, 0.15) is 30.5 Å². The van der Waals surface area contributed by atoms with E-state index in [0.29, 0.717) is 22.2 Å². The minimum atomic E-state index is -1.45. The topological polar surface area (TPSA) is 41.5 Å². The Bertz CT molecular complexity index is 660. The first kappa shape index (κ1) is 16.7. The van der Waals surface area contributed by atoms with Gasteiger partial charge in [0, 0.05) is 21.7 Å². The van der Waals surface area contributed by atoms with Crippen LogP contribution in [-0.2, 0) is 10.5 Å². The lowest BCUT2D eigenvalue weighted by molar-refractivity contribution is -0.259. The van der Waals surface area contributed by atoms with Crippen molar-refractivity contribution in [1.82, 2.24) is 5.32 Å². The van der Waals surface area contributed by atoms with E-state index in [2.05, 4.69) is 12.2 Å². The number of rotatable bonds is 3. The molecule has 0 spiro atoms. The highest BCUT2D eigenvalue weighted by Crippen LogP contribution is 2.40. The Balaban J connectivity index is 2.01. The predicted octanol–water partition coefficient (Wildman–Crippen LogP) is 4.28. The van der Waals surface area contributed by atoms with Gasteiger partial charge in [-0.25, -0.2) is 0 Å². The maximum absolute atomic E-state index is 11.3. The van der Waals surface area contributed by atoms with Crippen molar-refractivity contribution in [1.29, 1.82) is 0 Å². The second-order valence-electron chi connectivity index (χ2n) is 5.77. The van der Waals surface area contributed by atoms with Gasteiger partial charge in [0.2, 0.25) is 5.79 Å². The molecule has 1 aliphatic rings. The summed E-state index contributed by atoms with van der Waals surface area (Å²) >= 11 is 11.9. The summed E-state index contributed by atoms with van der Waals surface area (Å²) in [5.41, 5.74) is 1.59. The van der Waals surface area contributed by atoms with Crippen molar-refractivity contribution in [3.63, 3.8) is 0 Å². The molecule has 1 fully saturated rings. The van der Waals surface area contributed by atoms with Crippen molar-refractivity contribution in [2.45, 2.75) is 31.2 Å². The number of halogens is 2. The van der Waals surface area contributed by atoms with E-state index in [1.165, 1.54) is 0 Å². The second-order valence-corrected chi connectivity index (χ2v) is 6.64. The summed E-state index contributed by atoms with van der Waals surface area (Å²) in [7, 11) is 0. The summed E-state index contributed by atoms with van der Waals surface area (Å²) in [6.45, 7) is 2.53. The molecule has 0 radical (unpaired) electrons. The molecule has 2 N–H and O–H groups in total. The Hall–Kier alpha value is -1.10. The minimum Gasteiger partial charge on any atom is -0.360 e. The lowest BCUT2D eigenvalue weighted by Crippen LogP contribution is -2.54. The van der Waals surface area contributed by atoms with Crippen molar-refractivity contribution >= 4 is 23.2 Å². The quantitative estimate of drug-likeness (QED) is 0.867. The summed E-state index contributed by atoms with van der Waals surface area (Å²) in [6, 6.07) is 14.3. The average Bonchev–Trinajstić information content (AvgIpc) is 2.57. The van der Waals surface area contributed by atoms with Crippen LogP contribution in [-0.4, -0.2) is 17.8 Å². The van der Waals surface area contributed by atoms with Crippen LogP contribution in [0.5, 0.6) is 0 Å². The maximum atomic E-state index is 11.3. The first-order chi connectivity index (χ1) is 11.0. The van der Waals surface area contributed by atoms with E-state index in [-0.39, 0.29) is 12.1 Å². The highest BCUT2D eigenvalue weighted by atomic mass is 35.5. The molecule has 1 saturated heterocycles. The first-order valence-electron chi connectivity index (χ1n) is 7.67. The molecule has 1 heterocycles. The molecular formula is C18H19Cl2NO2. The smallest absolute Gasteiger partial charge is 0.212 e. The van der Waals surface area contributed by atoms with Gasteiger partial charge in [-0.05, 0) is 36.2 Å². The second kappa shape index (κ2) is 6.80. The highest BCUT2D eigenvalue weighted by molar-refractivity contribution is 6.30. The van der Waals surface area contributed by atoms with E-state index >= 15 is 0 Å². The molecule has 0 unspecified atom stereocenters. The van der Waals surface area contributed by atoms with Crippen LogP contribution in [0.15, 0.2) is 48.5 Å². The minimum absolute atomic E-state index is 0.184. The van der Waals surface area contributed by atoms with Gasteiger partial charge in [-0.2, -0.15) is 0 Å². The van der Waals surface area contributed by atoms with Crippen LogP contribution in [0, 0.1) is 0 Å². The largest absolute Gasteiger partial charge is 0.360 e. The van der Waals surface area contributed by atoms with Gasteiger partial charge in [-0.15, -0.1) is 0 Å². The number of aliphatic hydroxyl groups is 1. The molecule has 0 saturated carbocycles. The SMILES string of the molecule is CC[C@H]1CO[C@](O)(c2ccc(Cl)cc2)[C@H](c2ccc(Cl)cc2)N1. The lowest BCUT2D eigenvalue weighted by atomic mass is 9.89. The van der Waals surface area contributed by atoms with E-state index in [9.17, 15) is 5.11 Å². The number of hydrogen-bond donors (Lipinski definition) is 2. The molecule has 3 nitrogen and oxygen atoms in total. The number of hydrogen-bond acceptors (Lipinski definition) is 3.